The van der Waals surface area contributed by atoms with Crippen LogP contribution in [0.25, 0.3) is 5.65 Å². The lowest BCUT2D eigenvalue weighted by Crippen LogP contribution is -2.37. The van der Waals surface area contributed by atoms with Crippen molar-refractivity contribution < 1.29 is 9.84 Å². The molecule has 2 heterocycles. The van der Waals surface area contributed by atoms with Crippen molar-refractivity contribution in [1.29, 1.82) is 0 Å². The van der Waals surface area contributed by atoms with Gasteiger partial charge in [0.15, 0.2) is 5.65 Å². The largest absolute Gasteiger partial charge is 0.486 e. The van der Waals surface area contributed by atoms with Gasteiger partial charge in [-0.3, -0.25) is 0 Å². The van der Waals surface area contributed by atoms with Crippen LogP contribution in [-0.2, 0) is 0 Å². The van der Waals surface area contributed by atoms with E-state index in [0.29, 0.717) is 5.75 Å². The Kier molecular flexibility index (Phi) is 3.26. The van der Waals surface area contributed by atoms with Crippen molar-refractivity contribution in [2.75, 3.05) is 0 Å². The first-order chi connectivity index (χ1) is 7.88. The highest BCUT2D eigenvalue weighted by Gasteiger charge is 2.24. The monoisotopic (exact) mass is 347 g/mol. The van der Waals surface area contributed by atoms with E-state index < -0.39 is 5.60 Å². The van der Waals surface area contributed by atoms with Gasteiger partial charge in [-0.05, 0) is 43.4 Å². The zero-order chi connectivity index (χ0) is 12.6. The van der Waals surface area contributed by atoms with Crippen molar-refractivity contribution in [3.8, 4) is 5.75 Å². The second-order valence-electron chi connectivity index (χ2n) is 4.46. The van der Waals surface area contributed by atoms with Crippen LogP contribution in [-0.4, -0.2) is 31.4 Å². The number of aromatic nitrogens is 3. The number of nitrogens with zero attached hydrogens (tertiary/aromatic N) is 3. The molecule has 1 atom stereocenters. The molecule has 0 saturated carbocycles. The van der Waals surface area contributed by atoms with E-state index in [1.807, 2.05) is 6.92 Å². The summed E-state index contributed by atoms with van der Waals surface area (Å²) in [5.74, 6) is 0.606. The topological polar surface area (TPSA) is 59.7 Å². The fraction of sp³-hybridized carbons (Fsp3) is 0.455. The smallest absolute Gasteiger partial charge is 0.158 e. The zero-order valence-electron chi connectivity index (χ0n) is 9.88. The third kappa shape index (κ3) is 2.68. The SMILES string of the molecule is C[C@H](Oc1cnn2c(I)cnc2c1)C(C)(C)O. The Bertz CT molecular complexity index is 533. The summed E-state index contributed by atoms with van der Waals surface area (Å²) in [4.78, 5) is 4.20. The van der Waals surface area contributed by atoms with Crippen LogP contribution in [0.15, 0.2) is 18.5 Å². The van der Waals surface area contributed by atoms with Gasteiger partial charge in [-0.15, -0.1) is 0 Å². The molecular weight excluding hydrogens is 333 g/mol. The summed E-state index contributed by atoms with van der Waals surface area (Å²) in [6.07, 6.45) is 3.05. The van der Waals surface area contributed by atoms with Crippen molar-refractivity contribution in [1.82, 2.24) is 14.6 Å². The number of halogens is 1. The lowest BCUT2D eigenvalue weighted by atomic mass is 10.0. The van der Waals surface area contributed by atoms with Gasteiger partial charge >= 0.3 is 0 Å². The predicted octanol–water partition coefficient (Wildman–Crippen LogP) is 1.87. The number of imidazole rings is 1. The summed E-state index contributed by atoms with van der Waals surface area (Å²) in [6.45, 7) is 5.24. The predicted molar refractivity (Wildman–Crippen MR) is 72.1 cm³/mol. The Labute approximate surface area is 113 Å². The molecule has 5 nitrogen and oxygen atoms in total. The van der Waals surface area contributed by atoms with Gasteiger partial charge in [0.25, 0.3) is 0 Å². The van der Waals surface area contributed by atoms with Gasteiger partial charge in [-0.25, -0.2) is 9.50 Å². The van der Waals surface area contributed by atoms with E-state index in [1.165, 1.54) is 0 Å². The van der Waals surface area contributed by atoms with Gasteiger partial charge in [0, 0.05) is 6.07 Å². The molecule has 0 fully saturated rings. The lowest BCUT2D eigenvalue weighted by Gasteiger charge is -2.26. The minimum Gasteiger partial charge on any atom is -0.486 e. The maximum Gasteiger partial charge on any atom is 0.158 e. The van der Waals surface area contributed by atoms with E-state index in [0.717, 1.165) is 9.35 Å². The Morgan fingerprint density at radius 3 is 2.82 bits per heavy atom. The van der Waals surface area contributed by atoms with E-state index in [2.05, 4.69) is 32.7 Å². The molecule has 0 radical (unpaired) electrons. The average molecular weight is 347 g/mol. The van der Waals surface area contributed by atoms with Crippen LogP contribution in [0.3, 0.4) is 0 Å². The molecule has 17 heavy (non-hydrogen) atoms. The van der Waals surface area contributed by atoms with Crippen molar-refractivity contribution in [3.63, 3.8) is 0 Å². The van der Waals surface area contributed by atoms with E-state index in [-0.39, 0.29) is 6.10 Å². The molecule has 0 aliphatic heterocycles. The molecule has 0 unspecified atom stereocenters. The molecule has 2 rings (SSSR count). The third-order valence-electron chi connectivity index (χ3n) is 2.60. The number of rotatable bonds is 3. The molecule has 1 N–H and O–H groups in total. The number of ether oxygens (including phenoxy) is 1. The standard InChI is InChI=1S/C11H14IN3O2/c1-7(11(2,3)16)17-8-4-10-13-6-9(12)15(10)14-5-8/h4-7,16H,1-3H3/t7-/m0/s1. The Morgan fingerprint density at radius 2 is 2.18 bits per heavy atom. The molecular formula is C11H14IN3O2. The molecule has 0 spiro atoms. The maximum absolute atomic E-state index is 9.80. The van der Waals surface area contributed by atoms with Crippen molar-refractivity contribution >= 4 is 28.2 Å². The summed E-state index contributed by atoms with van der Waals surface area (Å²) < 4.78 is 8.30. The summed E-state index contributed by atoms with van der Waals surface area (Å²) in [6, 6.07) is 1.80. The summed E-state index contributed by atoms with van der Waals surface area (Å²) >= 11 is 2.16. The Balaban J connectivity index is 2.25. The van der Waals surface area contributed by atoms with Gasteiger partial charge in [-0.2, -0.15) is 5.10 Å². The summed E-state index contributed by atoms with van der Waals surface area (Å²) in [5.41, 5.74) is -0.162. The van der Waals surface area contributed by atoms with Crippen LogP contribution in [0.5, 0.6) is 5.75 Å². The van der Waals surface area contributed by atoms with Gasteiger partial charge in [0.1, 0.15) is 15.6 Å². The van der Waals surface area contributed by atoms with Crippen molar-refractivity contribution in [2.45, 2.75) is 32.5 Å². The second kappa shape index (κ2) is 4.41. The molecule has 2 aromatic rings. The van der Waals surface area contributed by atoms with Crippen LogP contribution in [0.2, 0.25) is 0 Å². The molecule has 0 aliphatic rings. The first kappa shape index (κ1) is 12.6. The van der Waals surface area contributed by atoms with Crippen molar-refractivity contribution in [2.24, 2.45) is 0 Å². The highest BCUT2D eigenvalue weighted by molar-refractivity contribution is 14.1. The highest BCUT2D eigenvalue weighted by Crippen LogP contribution is 2.19. The van der Waals surface area contributed by atoms with Gasteiger partial charge in [0.05, 0.1) is 18.0 Å². The lowest BCUT2D eigenvalue weighted by molar-refractivity contribution is -0.0243. The van der Waals surface area contributed by atoms with Gasteiger partial charge in [0.2, 0.25) is 0 Å². The van der Waals surface area contributed by atoms with Crippen LogP contribution in [0.1, 0.15) is 20.8 Å². The molecule has 0 amide bonds. The molecule has 0 saturated heterocycles. The fourth-order valence-corrected chi connectivity index (χ4v) is 1.75. The zero-order valence-corrected chi connectivity index (χ0v) is 12.0. The third-order valence-corrected chi connectivity index (χ3v) is 3.34. The number of hydrogen-bond acceptors (Lipinski definition) is 4. The molecule has 92 valence electrons. The average Bonchev–Trinajstić information content (AvgIpc) is 2.59. The Morgan fingerprint density at radius 1 is 1.47 bits per heavy atom. The molecule has 0 aromatic carbocycles. The van der Waals surface area contributed by atoms with E-state index in [1.54, 1.807) is 36.8 Å². The van der Waals surface area contributed by atoms with Crippen LogP contribution in [0.4, 0.5) is 0 Å². The molecule has 2 aromatic heterocycles. The molecule has 0 aliphatic carbocycles. The first-order valence-corrected chi connectivity index (χ1v) is 6.34. The fourth-order valence-electron chi connectivity index (χ4n) is 1.24. The van der Waals surface area contributed by atoms with E-state index in [4.69, 9.17) is 4.74 Å². The number of fused-ring (bicyclic) bond motifs is 1. The normalized spacial score (nSPS) is 13.9. The quantitative estimate of drug-likeness (QED) is 0.862. The number of aliphatic hydroxyl groups is 1. The molecule has 6 heteroatoms. The van der Waals surface area contributed by atoms with Crippen molar-refractivity contribution in [3.05, 3.63) is 22.2 Å². The minimum atomic E-state index is -0.893. The van der Waals surface area contributed by atoms with Crippen LogP contribution in [0, 0.1) is 3.70 Å². The van der Waals surface area contributed by atoms with Crippen LogP contribution >= 0.6 is 22.6 Å². The van der Waals surface area contributed by atoms with Crippen LogP contribution < -0.4 is 4.74 Å². The van der Waals surface area contributed by atoms with E-state index in [9.17, 15) is 5.11 Å². The summed E-state index contributed by atoms with van der Waals surface area (Å²) in [5, 5.41) is 14.0. The Hall–Kier alpha value is -0.890. The highest BCUT2D eigenvalue weighted by atomic mass is 127. The first-order valence-electron chi connectivity index (χ1n) is 5.26. The summed E-state index contributed by atoms with van der Waals surface area (Å²) in [7, 11) is 0. The van der Waals surface area contributed by atoms with Gasteiger partial charge in [-0.1, -0.05) is 0 Å². The maximum atomic E-state index is 9.80. The minimum absolute atomic E-state index is 0.319. The van der Waals surface area contributed by atoms with Gasteiger partial charge < -0.3 is 9.84 Å². The molecule has 0 bridgehead atoms. The second-order valence-corrected chi connectivity index (χ2v) is 5.56. The number of hydrogen-bond donors (Lipinski definition) is 1. The van der Waals surface area contributed by atoms with E-state index >= 15 is 0 Å².